The first kappa shape index (κ1) is 29.0. The van der Waals surface area contributed by atoms with Crippen molar-refractivity contribution in [2.45, 2.75) is 71.4 Å². The Balaban J connectivity index is 1.72. The molecular weight excluding hydrogens is 538 g/mol. The van der Waals surface area contributed by atoms with Gasteiger partial charge in [-0.2, -0.15) is 10.4 Å². The summed E-state index contributed by atoms with van der Waals surface area (Å²) in [5.74, 6) is 1.68. The lowest BCUT2D eigenvalue weighted by atomic mass is 9.98. The molecule has 1 saturated heterocycles. The molecule has 0 bridgehead atoms. The molecule has 4 aromatic heterocycles. The maximum atomic E-state index is 10.6. The van der Waals surface area contributed by atoms with Crippen LogP contribution in [0, 0.1) is 11.3 Å². The minimum Gasteiger partial charge on any atom is -0.389 e. The van der Waals surface area contributed by atoms with Gasteiger partial charge in [-0.05, 0) is 40.2 Å². The number of likely N-dealkylation sites (tertiary alicyclic amines) is 1. The third kappa shape index (κ3) is 5.54. The Kier molecular flexibility index (Phi) is 8.05. The van der Waals surface area contributed by atoms with Crippen LogP contribution < -0.4 is 10.6 Å². The van der Waals surface area contributed by atoms with Gasteiger partial charge in [-0.25, -0.2) is 14.6 Å². The molecule has 0 radical (unpaired) electrons. The Morgan fingerprint density at radius 2 is 2.00 bits per heavy atom. The average Bonchev–Trinajstić information content (AvgIpc) is 3.58. The fourth-order valence-corrected chi connectivity index (χ4v) is 6.69. The molecule has 0 unspecified atom stereocenters. The van der Waals surface area contributed by atoms with Crippen LogP contribution in [0.25, 0.3) is 33.9 Å². The normalized spacial score (nSPS) is 14.5. The fourth-order valence-electron chi connectivity index (χ4n) is 5.57. The number of aryl methyl sites for hydroxylation is 1. The van der Waals surface area contributed by atoms with Gasteiger partial charge in [-0.1, -0.05) is 31.8 Å². The molecule has 1 fully saturated rings. The van der Waals surface area contributed by atoms with Gasteiger partial charge in [0.15, 0.2) is 22.9 Å². The van der Waals surface area contributed by atoms with Crippen molar-refractivity contribution < 1.29 is 9.63 Å². The first-order valence-corrected chi connectivity index (χ1v) is 15.1. The molecule has 0 spiro atoms. The van der Waals surface area contributed by atoms with E-state index in [4.69, 9.17) is 25.3 Å². The summed E-state index contributed by atoms with van der Waals surface area (Å²) in [7, 11) is 4.00. The van der Waals surface area contributed by atoms with E-state index in [1.165, 1.54) is 11.3 Å². The number of nitriles is 1. The van der Waals surface area contributed by atoms with E-state index < -0.39 is 5.60 Å². The first-order chi connectivity index (χ1) is 19.6. The van der Waals surface area contributed by atoms with Gasteiger partial charge in [0.25, 0.3) is 0 Å². The number of hydrogen-bond donors (Lipinski definition) is 2. The van der Waals surface area contributed by atoms with Gasteiger partial charge >= 0.3 is 0 Å². The number of aromatic nitrogens is 5. The number of fused-ring (bicyclic) bond motifs is 1. The van der Waals surface area contributed by atoms with Gasteiger partial charge in [0.1, 0.15) is 16.9 Å². The topological polar surface area (TPSA) is 146 Å². The summed E-state index contributed by atoms with van der Waals surface area (Å²) >= 11 is 1.44. The van der Waals surface area contributed by atoms with Gasteiger partial charge in [0.05, 0.1) is 34.4 Å². The zero-order valence-corrected chi connectivity index (χ0v) is 25.5. The molecule has 3 N–H and O–H groups in total. The highest BCUT2D eigenvalue weighted by molar-refractivity contribution is 7.16. The van der Waals surface area contributed by atoms with Crippen molar-refractivity contribution in [3.05, 3.63) is 22.2 Å². The molecule has 1 aliphatic rings. The average molecular weight is 578 g/mol. The third-order valence-corrected chi connectivity index (χ3v) is 8.49. The lowest BCUT2D eigenvalue weighted by Gasteiger charge is -2.36. The number of aliphatic hydroxyl groups is 1. The predicted molar refractivity (Wildman–Crippen MR) is 162 cm³/mol. The molecule has 218 valence electrons. The summed E-state index contributed by atoms with van der Waals surface area (Å²) in [6.45, 7) is 9.93. The van der Waals surface area contributed by atoms with Crippen molar-refractivity contribution >= 4 is 33.2 Å². The largest absolute Gasteiger partial charge is 0.389 e. The Hall–Kier alpha value is -3.53. The number of anilines is 2. The van der Waals surface area contributed by atoms with Gasteiger partial charge in [0.2, 0.25) is 0 Å². The predicted octanol–water partition coefficient (Wildman–Crippen LogP) is 4.65. The first-order valence-electron chi connectivity index (χ1n) is 14.2. The smallest absolute Gasteiger partial charge is 0.186 e. The Morgan fingerprint density at radius 1 is 1.24 bits per heavy atom. The summed E-state index contributed by atoms with van der Waals surface area (Å²) in [5, 5.41) is 31.2. The van der Waals surface area contributed by atoms with Crippen LogP contribution in [0.1, 0.15) is 69.0 Å². The molecule has 5 rings (SSSR count). The molecule has 11 nitrogen and oxygen atoms in total. The third-order valence-electron chi connectivity index (χ3n) is 7.41. The Labute approximate surface area is 244 Å². The molecule has 4 aromatic rings. The van der Waals surface area contributed by atoms with Crippen molar-refractivity contribution in [3.8, 4) is 28.9 Å². The van der Waals surface area contributed by atoms with Crippen LogP contribution in [-0.4, -0.2) is 74.2 Å². The number of nitrogens with zero attached hydrogens (tertiary/aromatic N) is 8. The van der Waals surface area contributed by atoms with Crippen molar-refractivity contribution in [2.24, 2.45) is 0 Å². The number of thiophene rings is 1. The van der Waals surface area contributed by atoms with Gasteiger partial charge < -0.3 is 25.2 Å². The maximum absolute atomic E-state index is 10.6. The summed E-state index contributed by atoms with van der Waals surface area (Å²) < 4.78 is 8.04. The molecule has 0 aromatic carbocycles. The van der Waals surface area contributed by atoms with Crippen LogP contribution in [0.2, 0.25) is 0 Å². The molecule has 0 aliphatic carbocycles. The standard InChI is InChI=1S/C29H39N9O2S/c1-7-9-11-18-23(35-40-24(18)22-19(12-30)25(31)41-21(22)10-8-2)26-33-27(37(6)16-29(3,4)39)20-13-32-38(28(20)34-26)17-14-36(5)15-17/h13,17,39H,7-11,14-16,31H2,1-6H3. The van der Waals surface area contributed by atoms with E-state index in [0.717, 1.165) is 65.8 Å². The lowest BCUT2D eigenvalue weighted by Crippen LogP contribution is -2.45. The molecule has 12 heteroatoms. The van der Waals surface area contributed by atoms with Crippen LogP contribution in [0.5, 0.6) is 0 Å². The zero-order valence-electron chi connectivity index (χ0n) is 24.7. The molecule has 1 aliphatic heterocycles. The summed E-state index contributed by atoms with van der Waals surface area (Å²) in [6, 6.07) is 2.51. The van der Waals surface area contributed by atoms with E-state index in [1.807, 2.05) is 22.8 Å². The second-order valence-electron chi connectivity index (χ2n) is 11.7. The SMILES string of the molecule is CCCCc1c(-c2nc(N(C)CC(C)(C)O)c3cnn(C4CN(C)C4)c3n2)noc1-c1c(CCC)sc(N)c1C#N. The number of likely N-dealkylation sites (N-methyl/N-ethyl adjacent to an activating group) is 2. The summed E-state index contributed by atoms with van der Waals surface area (Å²) in [4.78, 5) is 15.2. The summed E-state index contributed by atoms with van der Waals surface area (Å²) in [6.07, 6.45) is 6.10. The van der Waals surface area contributed by atoms with Crippen molar-refractivity contribution in [1.29, 1.82) is 5.26 Å². The molecular formula is C29H39N9O2S. The number of unbranched alkanes of at least 4 members (excludes halogenated alkanes) is 1. The van der Waals surface area contributed by atoms with Crippen LogP contribution >= 0.6 is 11.3 Å². The monoisotopic (exact) mass is 577 g/mol. The van der Waals surface area contributed by atoms with Crippen molar-refractivity contribution in [3.63, 3.8) is 0 Å². The van der Waals surface area contributed by atoms with Crippen molar-refractivity contribution in [1.82, 2.24) is 29.8 Å². The van der Waals surface area contributed by atoms with Crippen LogP contribution in [-0.2, 0) is 12.8 Å². The minimum absolute atomic E-state index is 0.212. The van der Waals surface area contributed by atoms with E-state index in [0.29, 0.717) is 46.6 Å². The van der Waals surface area contributed by atoms with Gasteiger partial charge in [-0.3, -0.25) is 0 Å². The number of rotatable bonds is 11. The number of hydrogen-bond acceptors (Lipinski definition) is 11. The molecule has 41 heavy (non-hydrogen) atoms. The summed E-state index contributed by atoms with van der Waals surface area (Å²) in [5.41, 5.74) is 8.69. The van der Waals surface area contributed by atoms with Crippen molar-refractivity contribution in [2.75, 3.05) is 44.4 Å². The van der Waals surface area contributed by atoms with E-state index in [2.05, 4.69) is 37.0 Å². The number of nitrogen functional groups attached to an aromatic ring is 1. The van der Waals surface area contributed by atoms with E-state index in [9.17, 15) is 10.4 Å². The highest BCUT2D eigenvalue weighted by Crippen LogP contribution is 2.43. The molecule has 5 heterocycles. The minimum atomic E-state index is -0.936. The van der Waals surface area contributed by atoms with E-state index >= 15 is 0 Å². The van der Waals surface area contributed by atoms with Gasteiger partial charge in [-0.15, -0.1) is 11.3 Å². The highest BCUT2D eigenvalue weighted by Gasteiger charge is 2.32. The van der Waals surface area contributed by atoms with E-state index in [1.54, 1.807) is 13.8 Å². The maximum Gasteiger partial charge on any atom is 0.186 e. The van der Waals surface area contributed by atoms with Gasteiger partial charge in [0, 0.05) is 37.1 Å². The molecule has 0 saturated carbocycles. The van der Waals surface area contributed by atoms with Crippen LogP contribution in [0.15, 0.2) is 10.7 Å². The zero-order chi connectivity index (χ0) is 29.5. The molecule has 0 atom stereocenters. The lowest BCUT2D eigenvalue weighted by molar-refractivity contribution is 0.0885. The second-order valence-corrected chi connectivity index (χ2v) is 12.8. The second kappa shape index (κ2) is 11.4. The fraction of sp³-hybridized carbons (Fsp3) is 0.552. The Morgan fingerprint density at radius 3 is 2.63 bits per heavy atom. The van der Waals surface area contributed by atoms with E-state index in [-0.39, 0.29) is 6.04 Å². The number of nitrogens with two attached hydrogens (primary N) is 1. The Bertz CT molecular complexity index is 1580. The molecule has 0 amide bonds. The quantitative estimate of drug-likeness (QED) is 0.258. The highest BCUT2D eigenvalue weighted by atomic mass is 32.1. The van der Waals surface area contributed by atoms with Crippen LogP contribution in [0.3, 0.4) is 0 Å². The van der Waals surface area contributed by atoms with Crippen LogP contribution in [0.4, 0.5) is 10.8 Å².